The molecule has 0 heterocycles. The van der Waals surface area contributed by atoms with Gasteiger partial charge in [0.1, 0.15) is 6.61 Å². The number of carboxylic acids is 1. The fourth-order valence-corrected chi connectivity index (χ4v) is 2.11. The highest BCUT2D eigenvalue weighted by Gasteiger charge is 2.05. The molecule has 0 aromatic heterocycles. The number of aliphatic hydroxyl groups excluding tert-OH is 1. The van der Waals surface area contributed by atoms with Crippen LogP contribution in [0.3, 0.4) is 0 Å². The van der Waals surface area contributed by atoms with Crippen LogP contribution in [0.2, 0.25) is 0 Å². The van der Waals surface area contributed by atoms with E-state index in [2.05, 4.69) is 29.2 Å². The van der Waals surface area contributed by atoms with Crippen molar-refractivity contribution in [1.29, 1.82) is 5.26 Å². The van der Waals surface area contributed by atoms with Gasteiger partial charge in [-0.1, -0.05) is 44.0 Å². The summed E-state index contributed by atoms with van der Waals surface area (Å²) in [6, 6.07) is 7.57. The summed E-state index contributed by atoms with van der Waals surface area (Å²) in [5.74, 6) is -1.75. The highest BCUT2D eigenvalue weighted by molar-refractivity contribution is 5.91. The number of nitriles is 1. The summed E-state index contributed by atoms with van der Waals surface area (Å²) < 4.78 is 9.14. The summed E-state index contributed by atoms with van der Waals surface area (Å²) in [6.45, 7) is 17.7. The molecule has 0 saturated carbocycles. The monoisotopic (exact) mass is 497 g/mol. The van der Waals surface area contributed by atoms with Gasteiger partial charge in [-0.2, -0.15) is 5.26 Å². The van der Waals surface area contributed by atoms with E-state index >= 15 is 0 Å². The minimum absolute atomic E-state index is 0.0280. The summed E-state index contributed by atoms with van der Waals surface area (Å²) in [7, 11) is 0. The third-order valence-corrected chi connectivity index (χ3v) is 4.04. The molecular weight excluding hydrogens is 462 g/mol. The second kappa shape index (κ2) is 20.2. The minimum atomic E-state index is -0.893. The average molecular weight is 498 g/mol. The van der Waals surface area contributed by atoms with Gasteiger partial charge in [-0.15, -0.1) is 0 Å². The highest BCUT2D eigenvalue weighted by Crippen LogP contribution is 2.15. The second-order valence-electron chi connectivity index (χ2n) is 7.15. The Hall–Kier alpha value is -4.22. The molecule has 1 rings (SSSR count). The Morgan fingerprint density at radius 1 is 1.14 bits per heavy atom. The van der Waals surface area contributed by atoms with E-state index in [1.54, 1.807) is 39.0 Å². The number of hydrogen-bond donors (Lipinski definition) is 2. The molecule has 8 nitrogen and oxygen atoms in total. The topological polar surface area (TPSA) is 134 Å². The third kappa shape index (κ3) is 16.4. The van der Waals surface area contributed by atoms with Gasteiger partial charge in [-0.05, 0) is 62.9 Å². The molecule has 2 N–H and O–H groups in total. The summed E-state index contributed by atoms with van der Waals surface area (Å²) >= 11 is 0. The van der Waals surface area contributed by atoms with Crippen LogP contribution >= 0.6 is 0 Å². The molecular formula is C28H35NO7. The number of rotatable bonds is 10. The van der Waals surface area contributed by atoms with Gasteiger partial charge in [0.25, 0.3) is 0 Å². The average Bonchev–Trinajstić information content (AvgIpc) is 2.84. The van der Waals surface area contributed by atoms with E-state index in [-0.39, 0.29) is 31.2 Å². The molecule has 1 aromatic rings. The summed E-state index contributed by atoms with van der Waals surface area (Å²) in [4.78, 5) is 32.0. The van der Waals surface area contributed by atoms with Gasteiger partial charge in [-0.3, -0.25) is 0 Å². The predicted octanol–water partition coefficient (Wildman–Crippen LogP) is 4.80. The van der Waals surface area contributed by atoms with Crippen LogP contribution in [0.4, 0.5) is 0 Å². The number of hydrogen-bond acceptors (Lipinski definition) is 7. The Bertz CT molecular complexity index is 1030. The van der Waals surface area contributed by atoms with Crippen molar-refractivity contribution in [2.24, 2.45) is 0 Å². The molecule has 0 saturated heterocycles. The van der Waals surface area contributed by atoms with E-state index in [0.717, 1.165) is 16.7 Å². The first-order valence-corrected chi connectivity index (χ1v) is 10.9. The van der Waals surface area contributed by atoms with Crippen LogP contribution in [0.25, 0.3) is 12.2 Å². The fraction of sp³-hybridized carbons (Fsp3) is 0.286. The maximum absolute atomic E-state index is 10.9. The fourth-order valence-electron chi connectivity index (χ4n) is 2.11. The number of aryl methyl sites for hydroxylation is 1. The molecule has 0 aliphatic heterocycles. The standard InChI is InChI=1S/C13H14O2.C9H11NO3.C6H10O2/c1-4-12-8-11(6-5-9(12)2)7-10(3)13(14)15;1-8(4-2-3-5-10)9(12)13-7-6-11;1-4-8-6(7)5(2)3/h4-8H,1H2,2-3H3,(H,14,15);2-3,11H,1,4,6-7H2;2,4H2,1,3H3. The third-order valence-electron chi connectivity index (χ3n) is 4.04. The van der Waals surface area contributed by atoms with Gasteiger partial charge >= 0.3 is 17.9 Å². The van der Waals surface area contributed by atoms with Crippen molar-refractivity contribution in [3.05, 3.63) is 83.5 Å². The molecule has 8 heteroatoms. The Kier molecular flexibility index (Phi) is 19.0. The summed E-state index contributed by atoms with van der Waals surface area (Å²) in [5.41, 5.74) is 4.09. The molecule has 36 heavy (non-hydrogen) atoms. The van der Waals surface area contributed by atoms with Gasteiger partial charge in [0.15, 0.2) is 0 Å². The zero-order chi connectivity index (χ0) is 28.1. The normalized spacial score (nSPS) is 9.94. The lowest BCUT2D eigenvalue weighted by Crippen LogP contribution is -2.09. The second-order valence-corrected chi connectivity index (χ2v) is 7.15. The van der Waals surface area contributed by atoms with Crippen molar-refractivity contribution >= 4 is 30.1 Å². The van der Waals surface area contributed by atoms with E-state index in [9.17, 15) is 14.4 Å². The number of aliphatic carboxylic acids is 1. The van der Waals surface area contributed by atoms with Crippen molar-refractivity contribution < 1.29 is 34.1 Å². The first-order chi connectivity index (χ1) is 16.9. The Morgan fingerprint density at radius 3 is 2.22 bits per heavy atom. The van der Waals surface area contributed by atoms with E-state index in [1.165, 1.54) is 12.2 Å². The predicted molar refractivity (Wildman–Crippen MR) is 141 cm³/mol. The number of aliphatic hydroxyl groups is 1. The largest absolute Gasteiger partial charge is 0.478 e. The van der Waals surface area contributed by atoms with Crippen molar-refractivity contribution in [2.75, 3.05) is 19.8 Å². The number of allylic oxidation sites excluding steroid dienone is 2. The minimum Gasteiger partial charge on any atom is -0.478 e. The van der Waals surface area contributed by atoms with Crippen LogP contribution in [-0.2, 0) is 23.9 Å². The Labute approximate surface area is 213 Å². The molecule has 0 amide bonds. The van der Waals surface area contributed by atoms with Crippen molar-refractivity contribution in [3.8, 4) is 6.07 Å². The van der Waals surface area contributed by atoms with Crippen molar-refractivity contribution in [2.45, 2.75) is 34.1 Å². The smallest absolute Gasteiger partial charge is 0.333 e. The van der Waals surface area contributed by atoms with Crippen LogP contribution in [0, 0.1) is 18.3 Å². The van der Waals surface area contributed by atoms with Crippen molar-refractivity contribution in [1.82, 2.24) is 0 Å². The van der Waals surface area contributed by atoms with Crippen LogP contribution in [0.15, 0.2) is 66.8 Å². The molecule has 0 spiro atoms. The maximum Gasteiger partial charge on any atom is 0.333 e. The number of carboxylic acid groups (broad SMARTS) is 1. The molecule has 0 atom stereocenters. The Morgan fingerprint density at radius 2 is 1.78 bits per heavy atom. The van der Waals surface area contributed by atoms with Crippen LogP contribution in [0.1, 0.15) is 43.9 Å². The number of ether oxygens (including phenoxy) is 2. The molecule has 0 unspecified atom stereocenters. The number of benzene rings is 1. The quantitative estimate of drug-likeness (QED) is 0.267. The van der Waals surface area contributed by atoms with E-state index in [0.29, 0.717) is 17.8 Å². The molecule has 0 fully saturated rings. The first kappa shape index (κ1) is 34.0. The number of carbonyl (C=O) groups excluding carboxylic acids is 2. The summed E-state index contributed by atoms with van der Waals surface area (Å²) in [5, 5.41) is 25.2. The van der Waals surface area contributed by atoms with Gasteiger partial charge in [0.2, 0.25) is 0 Å². The zero-order valence-electron chi connectivity index (χ0n) is 21.4. The summed E-state index contributed by atoms with van der Waals surface area (Å²) in [6.07, 6.45) is 6.49. The SMILES string of the molecule is C=C(C)C(=O)OCC.C=C(CC=CC#N)C(=O)OCCO.C=Cc1cc(C=C(C)C(=O)O)ccc1C. The first-order valence-electron chi connectivity index (χ1n) is 10.9. The van der Waals surface area contributed by atoms with Crippen LogP contribution < -0.4 is 0 Å². The van der Waals surface area contributed by atoms with Crippen LogP contribution in [0.5, 0.6) is 0 Å². The number of carbonyl (C=O) groups is 3. The highest BCUT2D eigenvalue weighted by atomic mass is 16.5. The van der Waals surface area contributed by atoms with Gasteiger partial charge in [0, 0.05) is 22.8 Å². The lowest BCUT2D eigenvalue weighted by atomic mass is 10.0. The van der Waals surface area contributed by atoms with E-state index in [1.807, 2.05) is 25.1 Å². The molecule has 1 aromatic carbocycles. The number of nitrogens with zero attached hydrogens (tertiary/aromatic N) is 1. The number of esters is 2. The molecule has 0 radical (unpaired) electrons. The van der Waals surface area contributed by atoms with E-state index < -0.39 is 11.9 Å². The van der Waals surface area contributed by atoms with Gasteiger partial charge in [-0.25, -0.2) is 14.4 Å². The molecule has 0 aliphatic carbocycles. The van der Waals surface area contributed by atoms with Crippen LogP contribution in [-0.4, -0.2) is 47.9 Å². The maximum atomic E-state index is 10.9. The van der Waals surface area contributed by atoms with E-state index in [4.69, 9.17) is 15.5 Å². The Balaban J connectivity index is 0. The molecule has 0 bridgehead atoms. The van der Waals surface area contributed by atoms with Crippen molar-refractivity contribution in [3.63, 3.8) is 0 Å². The molecule has 0 aliphatic rings. The molecule has 194 valence electrons. The van der Waals surface area contributed by atoms with Gasteiger partial charge in [0.05, 0.1) is 19.3 Å². The zero-order valence-corrected chi connectivity index (χ0v) is 21.4. The van der Waals surface area contributed by atoms with Gasteiger partial charge < -0.3 is 19.7 Å². The lowest BCUT2D eigenvalue weighted by molar-refractivity contribution is -0.140. The lowest BCUT2D eigenvalue weighted by Gasteiger charge is -2.02.